The summed E-state index contributed by atoms with van der Waals surface area (Å²) < 4.78 is 4.58. The molecule has 0 saturated carbocycles. The minimum absolute atomic E-state index is 0.248. The highest BCUT2D eigenvalue weighted by Crippen LogP contribution is 1.98. The van der Waals surface area contributed by atoms with Crippen LogP contribution in [0.15, 0.2) is 0 Å². The Morgan fingerprint density at radius 2 is 2.14 bits per heavy atom. The average Bonchev–Trinajstić information content (AvgIpc) is 2.17. The Kier molecular flexibility index (Phi) is 7.42. The summed E-state index contributed by atoms with van der Waals surface area (Å²) in [4.78, 5) is 12.9. The minimum Gasteiger partial charge on any atom is -0.468 e. The molecule has 0 bridgehead atoms. The standard InChI is InChI=1S/C10H21NO3/c1-4-6-11(7-9(12)5-2)8-10(13)14-3/h9,12H,4-8H2,1-3H3. The van der Waals surface area contributed by atoms with Gasteiger partial charge in [-0.05, 0) is 19.4 Å². The molecule has 0 aromatic heterocycles. The van der Waals surface area contributed by atoms with Gasteiger partial charge >= 0.3 is 5.97 Å². The van der Waals surface area contributed by atoms with E-state index in [1.165, 1.54) is 7.11 Å². The lowest BCUT2D eigenvalue weighted by molar-refractivity contribution is -0.142. The number of carbonyl (C=O) groups excluding carboxylic acids is 1. The summed E-state index contributed by atoms with van der Waals surface area (Å²) in [5.74, 6) is -0.248. The van der Waals surface area contributed by atoms with E-state index < -0.39 is 0 Å². The maximum absolute atomic E-state index is 11.0. The van der Waals surface area contributed by atoms with Crippen molar-refractivity contribution < 1.29 is 14.6 Å². The number of esters is 1. The van der Waals surface area contributed by atoms with Crippen LogP contribution in [0.5, 0.6) is 0 Å². The fourth-order valence-electron chi connectivity index (χ4n) is 1.23. The van der Waals surface area contributed by atoms with Gasteiger partial charge in [0.25, 0.3) is 0 Å². The largest absolute Gasteiger partial charge is 0.468 e. The number of aliphatic hydroxyl groups excluding tert-OH is 1. The van der Waals surface area contributed by atoms with Crippen LogP contribution < -0.4 is 0 Å². The SMILES string of the molecule is CCCN(CC(=O)OC)CC(O)CC. The summed E-state index contributed by atoms with van der Waals surface area (Å²) in [6.07, 6.45) is 1.32. The molecule has 1 N–H and O–H groups in total. The van der Waals surface area contributed by atoms with E-state index in [0.717, 1.165) is 13.0 Å². The highest BCUT2D eigenvalue weighted by molar-refractivity contribution is 5.71. The van der Waals surface area contributed by atoms with E-state index in [-0.39, 0.29) is 18.6 Å². The molecular weight excluding hydrogens is 182 g/mol. The van der Waals surface area contributed by atoms with Gasteiger partial charge in [-0.1, -0.05) is 13.8 Å². The van der Waals surface area contributed by atoms with E-state index in [2.05, 4.69) is 4.74 Å². The predicted molar refractivity (Wildman–Crippen MR) is 55.0 cm³/mol. The first-order chi connectivity index (χ1) is 6.63. The van der Waals surface area contributed by atoms with E-state index in [0.29, 0.717) is 13.0 Å². The molecule has 0 aromatic rings. The van der Waals surface area contributed by atoms with Crippen molar-refractivity contribution >= 4 is 5.97 Å². The van der Waals surface area contributed by atoms with Gasteiger partial charge in [0.2, 0.25) is 0 Å². The van der Waals surface area contributed by atoms with E-state index in [4.69, 9.17) is 0 Å². The van der Waals surface area contributed by atoms with Crippen molar-refractivity contribution in [3.63, 3.8) is 0 Å². The van der Waals surface area contributed by atoms with Crippen LogP contribution in [0.2, 0.25) is 0 Å². The Bertz CT molecular complexity index is 161. The molecule has 0 rings (SSSR count). The Hall–Kier alpha value is -0.610. The lowest BCUT2D eigenvalue weighted by Gasteiger charge is -2.22. The van der Waals surface area contributed by atoms with Gasteiger partial charge in [0.15, 0.2) is 0 Å². The third kappa shape index (κ3) is 5.94. The Morgan fingerprint density at radius 1 is 1.50 bits per heavy atom. The molecule has 0 aliphatic heterocycles. The fraction of sp³-hybridized carbons (Fsp3) is 0.900. The highest BCUT2D eigenvalue weighted by Gasteiger charge is 2.13. The molecule has 14 heavy (non-hydrogen) atoms. The normalized spacial score (nSPS) is 12.9. The van der Waals surface area contributed by atoms with Crippen LogP contribution in [-0.4, -0.2) is 48.8 Å². The number of nitrogens with zero attached hydrogens (tertiary/aromatic N) is 1. The zero-order valence-electron chi connectivity index (χ0n) is 9.32. The van der Waals surface area contributed by atoms with Crippen molar-refractivity contribution in [2.24, 2.45) is 0 Å². The highest BCUT2D eigenvalue weighted by atomic mass is 16.5. The molecular formula is C10H21NO3. The van der Waals surface area contributed by atoms with Gasteiger partial charge in [-0.3, -0.25) is 9.69 Å². The number of aliphatic hydroxyl groups is 1. The molecule has 84 valence electrons. The first kappa shape index (κ1) is 13.4. The van der Waals surface area contributed by atoms with Crippen LogP contribution in [0.4, 0.5) is 0 Å². The second-order valence-electron chi connectivity index (χ2n) is 3.37. The fourth-order valence-corrected chi connectivity index (χ4v) is 1.23. The molecule has 1 unspecified atom stereocenters. The monoisotopic (exact) mass is 203 g/mol. The first-order valence-corrected chi connectivity index (χ1v) is 5.11. The third-order valence-electron chi connectivity index (χ3n) is 2.06. The summed E-state index contributed by atoms with van der Waals surface area (Å²) in [5.41, 5.74) is 0. The summed E-state index contributed by atoms with van der Waals surface area (Å²) >= 11 is 0. The molecule has 0 heterocycles. The maximum atomic E-state index is 11.0. The number of hydrogen-bond donors (Lipinski definition) is 1. The summed E-state index contributed by atoms with van der Waals surface area (Å²) in [6.45, 7) is 5.59. The van der Waals surface area contributed by atoms with Gasteiger partial charge in [-0.15, -0.1) is 0 Å². The topological polar surface area (TPSA) is 49.8 Å². The second-order valence-corrected chi connectivity index (χ2v) is 3.37. The lowest BCUT2D eigenvalue weighted by atomic mass is 10.2. The van der Waals surface area contributed by atoms with Gasteiger partial charge in [0.1, 0.15) is 0 Å². The number of rotatable bonds is 7. The van der Waals surface area contributed by atoms with Crippen LogP contribution in [0.1, 0.15) is 26.7 Å². The Labute approximate surface area is 85.9 Å². The van der Waals surface area contributed by atoms with E-state index in [9.17, 15) is 9.90 Å². The maximum Gasteiger partial charge on any atom is 0.319 e. The van der Waals surface area contributed by atoms with Crippen molar-refractivity contribution in [2.45, 2.75) is 32.8 Å². The summed E-state index contributed by atoms with van der Waals surface area (Å²) in [6, 6.07) is 0. The van der Waals surface area contributed by atoms with Crippen LogP contribution in [0, 0.1) is 0 Å². The van der Waals surface area contributed by atoms with Crippen molar-refractivity contribution in [2.75, 3.05) is 26.7 Å². The molecule has 0 spiro atoms. The quantitative estimate of drug-likeness (QED) is 0.617. The zero-order chi connectivity index (χ0) is 11.0. The van der Waals surface area contributed by atoms with Gasteiger partial charge in [0.05, 0.1) is 19.8 Å². The van der Waals surface area contributed by atoms with Crippen molar-refractivity contribution in [1.29, 1.82) is 0 Å². The van der Waals surface area contributed by atoms with Gasteiger partial charge in [-0.25, -0.2) is 0 Å². The van der Waals surface area contributed by atoms with E-state index in [1.807, 2.05) is 18.7 Å². The van der Waals surface area contributed by atoms with Crippen LogP contribution in [-0.2, 0) is 9.53 Å². The molecule has 0 aliphatic carbocycles. The molecule has 4 nitrogen and oxygen atoms in total. The molecule has 1 atom stereocenters. The van der Waals surface area contributed by atoms with Gasteiger partial charge in [0, 0.05) is 6.54 Å². The number of ether oxygens (including phenoxy) is 1. The van der Waals surface area contributed by atoms with Crippen molar-refractivity contribution in [1.82, 2.24) is 4.90 Å². The van der Waals surface area contributed by atoms with Gasteiger partial charge < -0.3 is 9.84 Å². The summed E-state index contributed by atoms with van der Waals surface area (Å²) in [5, 5.41) is 9.45. The van der Waals surface area contributed by atoms with E-state index in [1.54, 1.807) is 0 Å². The Morgan fingerprint density at radius 3 is 2.57 bits per heavy atom. The molecule has 0 aromatic carbocycles. The molecule has 0 radical (unpaired) electrons. The summed E-state index contributed by atoms with van der Waals surface area (Å²) in [7, 11) is 1.38. The van der Waals surface area contributed by atoms with Crippen molar-refractivity contribution in [3.8, 4) is 0 Å². The lowest BCUT2D eigenvalue weighted by Crippen LogP contribution is -2.37. The smallest absolute Gasteiger partial charge is 0.319 e. The minimum atomic E-state index is -0.355. The second kappa shape index (κ2) is 7.76. The van der Waals surface area contributed by atoms with Crippen LogP contribution >= 0.6 is 0 Å². The molecule has 0 amide bonds. The van der Waals surface area contributed by atoms with E-state index >= 15 is 0 Å². The molecule has 0 fully saturated rings. The van der Waals surface area contributed by atoms with Gasteiger partial charge in [-0.2, -0.15) is 0 Å². The van der Waals surface area contributed by atoms with Crippen LogP contribution in [0.25, 0.3) is 0 Å². The number of hydrogen-bond acceptors (Lipinski definition) is 4. The molecule has 4 heteroatoms. The van der Waals surface area contributed by atoms with Crippen molar-refractivity contribution in [3.05, 3.63) is 0 Å². The number of methoxy groups -OCH3 is 1. The third-order valence-corrected chi connectivity index (χ3v) is 2.06. The van der Waals surface area contributed by atoms with Crippen LogP contribution in [0.3, 0.4) is 0 Å². The Balaban J connectivity index is 3.94. The number of carbonyl (C=O) groups is 1. The first-order valence-electron chi connectivity index (χ1n) is 5.11. The zero-order valence-corrected chi connectivity index (χ0v) is 9.32. The predicted octanol–water partition coefficient (Wildman–Crippen LogP) is 0.642. The average molecular weight is 203 g/mol. The molecule has 0 saturated heterocycles. The molecule has 0 aliphatic rings.